The number of halogens is 1. The Morgan fingerprint density at radius 1 is 1.14 bits per heavy atom. The van der Waals surface area contributed by atoms with Gasteiger partial charge >= 0.3 is 0 Å². The fraction of sp³-hybridized carbons (Fsp3) is 0.667. The number of aliphatic hydroxyl groups is 1. The molecule has 3 nitrogen and oxygen atoms in total. The van der Waals surface area contributed by atoms with E-state index in [0.717, 1.165) is 56.4 Å². The second-order valence-electron chi connectivity index (χ2n) is 6.82. The summed E-state index contributed by atoms with van der Waals surface area (Å²) in [5, 5.41) is 13.8. The fourth-order valence-electron chi connectivity index (χ4n) is 3.87. The maximum Gasteiger partial charge on any atom is 0.123 e. The van der Waals surface area contributed by atoms with Crippen LogP contribution >= 0.6 is 0 Å². The van der Waals surface area contributed by atoms with Gasteiger partial charge in [0, 0.05) is 30.9 Å². The minimum absolute atomic E-state index is 0.163. The van der Waals surface area contributed by atoms with Gasteiger partial charge in [-0.3, -0.25) is 0 Å². The Hall–Kier alpha value is -1.13. The van der Waals surface area contributed by atoms with E-state index in [1.165, 1.54) is 6.42 Å². The van der Waals surface area contributed by atoms with E-state index in [0.29, 0.717) is 6.04 Å². The van der Waals surface area contributed by atoms with Gasteiger partial charge in [0.1, 0.15) is 5.82 Å². The van der Waals surface area contributed by atoms with Gasteiger partial charge in [0.05, 0.1) is 6.10 Å². The summed E-state index contributed by atoms with van der Waals surface area (Å²) in [6, 6.07) is 5.82. The van der Waals surface area contributed by atoms with E-state index in [4.69, 9.17) is 0 Å². The van der Waals surface area contributed by atoms with Crippen LogP contribution in [0.1, 0.15) is 44.1 Å². The molecule has 1 saturated heterocycles. The van der Waals surface area contributed by atoms with Crippen LogP contribution in [0.25, 0.3) is 0 Å². The van der Waals surface area contributed by atoms with Crippen LogP contribution in [0, 0.1) is 12.7 Å². The normalized spacial score (nSPS) is 27.1. The van der Waals surface area contributed by atoms with Gasteiger partial charge in [-0.05, 0) is 56.4 Å². The highest BCUT2D eigenvalue weighted by Crippen LogP contribution is 2.26. The number of anilines is 1. The molecular formula is C18H27FN2O. The summed E-state index contributed by atoms with van der Waals surface area (Å²) in [5.41, 5.74) is 2.16. The van der Waals surface area contributed by atoms with E-state index in [1.807, 2.05) is 13.0 Å². The molecule has 2 N–H and O–H groups in total. The maximum absolute atomic E-state index is 13.2. The van der Waals surface area contributed by atoms with Gasteiger partial charge in [0.25, 0.3) is 0 Å². The van der Waals surface area contributed by atoms with E-state index >= 15 is 0 Å². The Morgan fingerprint density at radius 2 is 1.86 bits per heavy atom. The molecule has 1 aromatic carbocycles. The third kappa shape index (κ3) is 3.61. The van der Waals surface area contributed by atoms with E-state index < -0.39 is 0 Å². The summed E-state index contributed by atoms with van der Waals surface area (Å²) in [5.74, 6) is -0.163. The molecule has 2 atom stereocenters. The van der Waals surface area contributed by atoms with Crippen molar-refractivity contribution in [2.75, 3.05) is 18.0 Å². The monoisotopic (exact) mass is 306 g/mol. The summed E-state index contributed by atoms with van der Waals surface area (Å²) >= 11 is 0. The van der Waals surface area contributed by atoms with E-state index in [9.17, 15) is 9.50 Å². The van der Waals surface area contributed by atoms with Crippen molar-refractivity contribution in [3.05, 3.63) is 29.6 Å². The number of hydrogen-bond acceptors (Lipinski definition) is 3. The SMILES string of the molecule is Cc1cc(F)ccc1N1CCC(N[C@@H]2CCCC[C@H]2O)CC1. The Morgan fingerprint density at radius 3 is 2.55 bits per heavy atom. The van der Waals surface area contributed by atoms with Crippen molar-refractivity contribution in [1.29, 1.82) is 0 Å². The summed E-state index contributed by atoms with van der Waals surface area (Å²) < 4.78 is 13.2. The van der Waals surface area contributed by atoms with Crippen LogP contribution in [-0.4, -0.2) is 36.4 Å². The van der Waals surface area contributed by atoms with Gasteiger partial charge in [-0.15, -0.1) is 0 Å². The Balaban J connectivity index is 1.53. The molecule has 1 aliphatic heterocycles. The summed E-state index contributed by atoms with van der Waals surface area (Å²) in [6.07, 6.45) is 6.40. The standard InChI is InChI=1S/C18H27FN2O/c1-13-12-14(19)6-7-17(13)21-10-8-15(9-11-21)20-16-4-2-3-5-18(16)22/h6-7,12,15-16,18,20,22H,2-5,8-11H2,1H3/t16-,18-/m1/s1. The van der Waals surface area contributed by atoms with Gasteiger partial charge < -0.3 is 15.3 Å². The zero-order valence-electron chi connectivity index (χ0n) is 13.4. The van der Waals surface area contributed by atoms with Gasteiger partial charge in [-0.1, -0.05) is 12.8 Å². The predicted octanol–water partition coefficient (Wildman–Crippen LogP) is 3.00. The second kappa shape index (κ2) is 6.97. The number of piperidine rings is 1. The van der Waals surface area contributed by atoms with Gasteiger partial charge in [0.2, 0.25) is 0 Å². The Bertz CT molecular complexity index is 500. The molecule has 3 rings (SSSR count). The third-order valence-corrected chi connectivity index (χ3v) is 5.17. The van der Waals surface area contributed by atoms with Crippen molar-refractivity contribution in [1.82, 2.24) is 5.32 Å². The first-order valence-electron chi connectivity index (χ1n) is 8.58. The number of aliphatic hydroxyl groups excluding tert-OH is 1. The van der Waals surface area contributed by atoms with Crippen molar-refractivity contribution < 1.29 is 9.50 Å². The molecule has 1 saturated carbocycles. The van der Waals surface area contributed by atoms with E-state index in [2.05, 4.69) is 10.2 Å². The quantitative estimate of drug-likeness (QED) is 0.901. The number of rotatable bonds is 3. The first-order valence-corrected chi connectivity index (χ1v) is 8.58. The zero-order chi connectivity index (χ0) is 15.5. The lowest BCUT2D eigenvalue weighted by molar-refractivity contribution is 0.0828. The van der Waals surface area contributed by atoms with Gasteiger partial charge in [0.15, 0.2) is 0 Å². The lowest BCUT2D eigenvalue weighted by Crippen LogP contribution is -2.51. The lowest BCUT2D eigenvalue weighted by atomic mass is 9.91. The second-order valence-corrected chi connectivity index (χ2v) is 6.82. The van der Waals surface area contributed by atoms with Crippen molar-refractivity contribution in [2.24, 2.45) is 0 Å². The lowest BCUT2D eigenvalue weighted by Gasteiger charge is -2.38. The highest BCUT2D eigenvalue weighted by atomic mass is 19.1. The maximum atomic E-state index is 13.2. The molecule has 0 unspecified atom stereocenters. The summed E-state index contributed by atoms with van der Waals surface area (Å²) in [7, 11) is 0. The van der Waals surface area contributed by atoms with Crippen LogP contribution < -0.4 is 10.2 Å². The molecule has 1 aliphatic carbocycles. The average molecular weight is 306 g/mol. The number of aryl methyl sites for hydroxylation is 1. The van der Waals surface area contributed by atoms with Crippen LogP contribution in [0.2, 0.25) is 0 Å². The number of nitrogens with zero attached hydrogens (tertiary/aromatic N) is 1. The molecule has 22 heavy (non-hydrogen) atoms. The molecular weight excluding hydrogens is 279 g/mol. The molecule has 2 aliphatic rings. The molecule has 122 valence electrons. The molecule has 0 aromatic heterocycles. The van der Waals surface area contributed by atoms with E-state index in [-0.39, 0.29) is 18.0 Å². The molecule has 4 heteroatoms. The highest BCUT2D eigenvalue weighted by Gasteiger charge is 2.27. The Kier molecular flexibility index (Phi) is 4.99. The first-order chi connectivity index (χ1) is 10.6. The highest BCUT2D eigenvalue weighted by molar-refractivity contribution is 5.53. The largest absolute Gasteiger partial charge is 0.392 e. The number of hydrogen-bond donors (Lipinski definition) is 2. The van der Waals surface area contributed by atoms with Crippen molar-refractivity contribution in [3.8, 4) is 0 Å². The molecule has 1 aromatic rings. The van der Waals surface area contributed by atoms with Crippen molar-refractivity contribution in [2.45, 2.75) is 63.6 Å². The minimum atomic E-state index is -0.175. The minimum Gasteiger partial charge on any atom is -0.392 e. The average Bonchev–Trinajstić information content (AvgIpc) is 2.51. The van der Waals surface area contributed by atoms with Crippen LogP contribution in [0.3, 0.4) is 0 Å². The van der Waals surface area contributed by atoms with Crippen LogP contribution in [-0.2, 0) is 0 Å². The smallest absolute Gasteiger partial charge is 0.123 e. The number of nitrogens with one attached hydrogen (secondary N) is 1. The molecule has 0 amide bonds. The molecule has 0 radical (unpaired) electrons. The molecule has 0 spiro atoms. The van der Waals surface area contributed by atoms with Gasteiger partial charge in [-0.2, -0.15) is 0 Å². The van der Waals surface area contributed by atoms with Crippen molar-refractivity contribution >= 4 is 5.69 Å². The summed E-state index contributed by atoms with van der Waals surface area (Å²) in [4.78, 5) is 2.35. The first kappa shape index (κ1) is 15.8. The topological polar surface area (TPSA) is 35.5 Å². The van der Waals surface area contributed by atoms with Gasteiger partial charge in [-0.25, -0.2) is 4.39 Å². The van der Waals surface area contributed by atoms with Crippen molar-refractivity contribution in [3.63, 3.8) is 0 Å². The number of benzene rings is 1. The Labute approximate surface area is 132 Å². The predicted molar refractivity (Wildman–Crippen MR) is 87.8 cm³/mol. The molecule has 0 bridgehead atoms. The third-order valence-electron chi connectivity index (χ3n) is 5.17. The molecule has 1 heterocycles. The van der Waals surface area contributed by atoms with E-state index in [1.54, 1.807) is 12.1 Å². The fourth-order valence-corrected chi connectivity index (χ4v) is 3.87. The zero-order valence-corrected chi connectivity index (χ0v) is 13.4. The van der Waals surface area contributed by atoms with Crippen LogP contribution in [0.15, 0.2) is 18.2 Å². The summed E-state index contributed by atoms with van der Waals surface area (Å²) in [6.45, 7) is 3.96. The molecule has 2 fully saturated rings. The van der Waals surface area contributed by atoms with Crippen LogP contribution in [0.4, 0.5) is 10.1 Å². The van der Waals surface area contributed by atoms with Crippen LogP contribution in [0.5, 0.6) is 0 Å².